The molecule has 22 nitrogen and oxygen atoms in total. The number of Topliss-reactive ketones (excluding diaryl/α,β-unsaturated/α-hetero) is 4. The molecule has 2 aliphatic rings. The molecule has 6 unspecified atom stereocenters. The standard InChI is InChI=1S/C15H31NOS2.2C13H24O3S.2C13H24O3.C12H21NO2S.C12H21NO2.C9H19NO.2CH4/c1-13(2,3)17-16-12(10-18-14(4,5)6)11-19-15(7,8)9;1-12(2,3)8-9(14)10(7-11(15)16)17-13(4,5)6;1-12(2,3)8-9(14)7-10(11(15)16)17-13(4,5)6;1-12(2,3)8-10(14)9(7-11(15)16)13(4,5)6;1-12(2,3)8-9(14)7-10(11(15)16)13(4,5)6;1-11(2,3)13-9(14)7-8(10(13)15)16-12(4,5)6;1-11(2,3)8-7-9(14)13(10(8)15)12(4,5)6;1-8(2,3)7(11)10-9(4,5)6;;/h10-11H2,1-9H3;2*10H,7-8H2,1-6H3,(H,15,16);9H,7-8H2,1-6H3,(H,15,16);10H,7-8H2,1-6H3,(H,15,16);8H,7H2,1-6H3;8H,7H2,1-6H3;1-6H3,(H,10,11);2*1H4. The Bertz CT molecular complexity index is 3520. The minimum atomic E-state index is -0.908. The molecule has 2 fully saturated rings. The Labute approximate surface area is 810 Å². The van der Waals surface area contributed by atoms with Gasteiger partial charge in [-0.05, 0) is 121 Å². The molecule has 0 aliphatic carbocycles. The normalized spacial score (nSPS) is 16.1. The van der Waals surface area contributed by atoms with E-state index in [-0.39, 0.29) is 183 Å². The molecule has 5 amide bonds. The summed E-state index contributed by atoms with van der Waals surface area (Å²) in [6, 6.07) is 0. The van der Waals surface area contributed by atoms with Gasteiger partial charge < -0.3 is 30.6 Å². The fourth-order valence-electron chi connectivity index (χ4n) is 11.6. The highest BCUT2D eigenvalue weighted by atomic mass is 32.2. The third kappa shape index (κ3) is 77.4. The van der Waals surface area contributed by atoms with E-state index in [1.54, 1.807) is 11.8 Å². The van der Waals surface area contributed by atoms with Crippen molar-refractivity contribution in [3.63, 3.8) is 0 Å². The van der Waals surface area contributed by atoms with Gasteiger partial charge in [0.25, 0.3) is 0 Å². The summed E-state index contributed by atoms with van der Waals surface area (Å²) < 4.78 is 0.275. The number of oxime groups is 1. The van der Waals surface area contributed by atoms with Gasteiger partial charge in [0.05, 0.1) is 40.9 Å². The van der Waals surface area contributed by atoms with Crippen LogP contribution in [0.25, 0.3) is 0 Å². The Kier molecular flexibility index (Phi) is 59.7. The molecule has 2 rings (SSSR count). The molecule has 0 aromatic heterocycles. The van der Waals surface area contributed by atoms with Crippen molar-refractivity contribution in [3.05, 3.63) is 0 Å². The maximum absolute atomic E-state index is 12.1. The number of amides is 5. The predicted octanol–water partition coefficient (Wildman–Crippen LogP) is 26.1. The summed E-state index contributed by atoms with van der Waals surface area (Å²) in [6.45, 7) is 102. The van der Waals surface area contributed by atoms with E-state index in [9.17, 15) is 62.3 Å². The number of carbonyl (C=O) groups is 13. The zero-order chi connectivity index (χ0) is 103. The quantitative estimate of drug-likeness (QED) is 0.0340. The number of carboxylic acids is 4. The summed E-state index contributed by atoms with van der Waals surface area (Å²) in [6.07, 6.45) is 2.53. The lowest BCUT2D eigenvalue weighted by Crippen LogP contribution is -2.46. The lowest BCUT2D eigenvalue weighted by Gasteiger charge is -2.32. The first-order valence-electron chi connectivity index (χ1n) is 44.8. The average Bonchev–Trinajstić information content (AvgIpc) is 1.64. The smallest absolute Gasteiger partial charge is 0.317 e. The summed E-state index contributed by atoms with van der Waals surface area (Å²) in [7, 11) is 0. The van der Waals surface area contributed by atoms with Gasteiger partial charge in [-0.15, -0.1) is 58.8 Å². The molecule has 0 aromatic rings. The molecule has 0 aromatic carbocycles. The number of nitrogens with one attached hydrogen (secondary N) is 1. The Hall–Kier alpha value is -4.47. The lowest BCUT2D eigenvalue weighted by atomic mass is 9.73. The highest BCUT2D eigenvalue weighted by Gasteiger charge is 2.49. The molecule has 0 spiro atoms. The number of carbonyl (C=O) groups excluding carboxylic acids is 9. The number of carboxylic acid groups (broad SMARTS) is 4. The molecular weight excluding hydrogens is 1730 g/mol. The van der Waals surface area contributed by atoms with Crippen molar-refractivity contribution < 1.29 is 87.6 Å². The third-order valence-corrected chi connectivity index (χ3v) is 23.8. The fourth-order valence-corrected chi connectivity index (χ4v) is 17.0. The van der Waals surface area contributed by atoms with Crippen LogP contribution in [-0.2, 0) is 67.2 Å². The molecule has 6 atom stereocenters. The number of rotatable bonds is 24. The topological polar surface area (TPSA) is 343 Å². The zero-order valence-corrected chi connectivity index (χ0v) is 93.9. The summed E-state index contributed by atoms with van der Waals surface area (Å²) in [4.78, 5) is 159. The van der Waals surface area contributed by atoms with E-state index in [0.29, 0.717) is 38.5 Å². The summed E-state index contributed by atoms with van der Waals surface area (Å²) in [5.41, 5.74) is -1.41. The second kappa shape index (κ2) is 55.1. The van der Waals surface area contributed by atoms with Gasteiger partial charge in [-0.1, -0.05) is 290 Å². The molecule has 762 valence electrons. The molecule has 2 heterocycles. The Morgan fingerprint density at radius 1 is 0.395 bits per heavy atom. The molecule has 5 N–H and O–H groups in total. The van der Waals surface area contributed by atoms with Gasteiger partial charge in [0, 0.05) is 115 Å². The predicted molar refractivity (Wildman–Crippen MR) is 554 cm³/mol. The number of hydrogen-bond donors (Lipinski definition) is 5. The van der Waals surface area contributed by atoms with Crippen molar-refractivity contribution in [1.29, 1.82) is 0 Å². The minimum Gasteiger partial charge on any atom is -0.481 e. The van der Waals surface area contributed by atoms with Crippen LogP contribution in [0.4, 0.5) is 0 Å². The SMILES string of the molecule is C.C.CC(C)(C)C1CC(=O)N(C(C)(C)C)C1=O.CC(C)(C)CC(=O)C(CC(=O)O)C(C)(C)C.CC(C)(C)CC(=O)C(CC(=O)O)SC(C)(C)C.CC(C)(C)CC(=O)CC(C(=O)O)C(C)(C)C.CC(C)(C)CC(=O)CC(SC(C)(C)C)C(=O)O.CC(C)(C)NC(=O)C(C)(C)C.CC(C)(C)ON=C(CSC(C)(C)C)CSC(C)(C)C.CC(C)(C)SC1CC(=O)N(C(C)(C)C)C1=O. The molecule has 2 aliphatic heterocycles. The number of likely N-dealkylation sites (tertiary alicyclic amines) is 2. The van der Waals surface area contributed by atoms with Crippen LogP contribution < -0.4 is 5.32 Å². The van der Waals surface area contributed by atoms with Gasteiger partial charge in [0.2, 0.25) is 29.5 Å². The largest absolute Gasteiger partial charge is 0.481 e. The first-order chi connectivity index (χ1) is 55.2. The number of thioether (sulfide) groups is 5. The number of hydrogen-bond acceptors (Lipinski definition) is 20. The van der Waals surface area contributed by atoms with Gasteiger partial charge in [-0.3, -0.25) is 72.1 Å². The number of aliphatic carboxylic acids is 4. The number of nitrogens with zero attached hydrogens (tertiary/aromatic N) is 3. The number of imide groups is 2. The van der Waals surface area contributed by atoms with E-state index in [1.165, 1.54) is 33.3 Å². The van der Waals surface area contributed by atoms with Crippen LogP contribution in [0.3, 0.4) is 0 Å². The van der Waals surface area contributed by atoms with Crippen molar-refractivity contribution in [2.75, 3.05) is 11.5 Å². The molecule has 27 heteroatoms. The van der Waals surface area contributed by atoms with Crippen molar-refractivity contribution in [2.24, 2.45) is 66.2 Å². The maximum Gasteiger partial charge on any atom is 0.317 e. The van der Waals surface area contributed by atoms with Crippen molar-refractivity contribution in [1.82, 2.24) is 15.1 Å². The highest BCUT2D eigenvalue weighted by molar-refractivity contribution is 8.03. The minimum absolute atomic E-state index is 0. The molecule has 0 radical (unpaired) electrons. The molecule has 2 saturated heterocycles. The molecule has 0 saturated carbocycles. The maximum atomic E-state index is 12.1. The van der Waals surface area contributed by atoms with Crippen molar-refractivity contribution >= 4 is 141 Å². The van der Waals surface area contributed by atoms with E-state index in [4.69, 9.17) is 25.3 Å². The lowest BCUT2D eigenvalue weighted by molar-refractivity contribution is -0.148. The zero-order valence-electron chi connectivity index (χ0n) is 89.8. The second-order valence-corrected chi connectivity index (χ2v) is 61.3. The fraction of sp³-hybridized carbons (Fsp3) is 0.863. The van der Waals surface area contributed by atoms with Crippen molar-refractivity contribution in [2.45, 2.75) is 494 Å². The van der Waals surface area contributed by atoms with Crippen LogP contribution in [0.1, 0.15) is 432 Å². The molecular formula is C102H196N4O18S5. The van der Waals surface area contributed by atoms with E-state index in [2.05, 4.69) is 72.8 Å². The van der Waals surface area contributed by atoms with Crippen molar-refractivity contribution in [3.8, 4) is 0 Å². The summed E-state index contributed by atoms with van der Waals surface area (Å²) in [5.74, 6) is -2.73. The van der Waals surface area contributed by atoms with Crippen LogP contribution in [0, 0.1) is 61.1 Å². The van der Waals surface area contributed by atoms with E-state index in [1.807, 2.05) is 314 Å². The monoisotopic (exact) mass is 1930 g/mol. The Morgan fingerprint density at radius 3 is 0.969 bits per heavy atom. The van der Waals surface area contributed by atoms with E-state index < -0.39 is 57.3 Å². The van der Waals surface area contributed by atoms with Gasteiger partial charge in [-0.25, -0.2) is 0 Å². The van der Waals surface area contributed by atoms with Crippen LogP contribution in [0.15, 0.2) is 5.16 Å². The highest BCUT2D eigenvalue weighted by Crippen LogP contribution is 2.42. The van der Waals surface area contributed by atoms with E-state index in [0.717, 1.165) is 17.2 Å². The Balaban J connectivity index is -0.000000216. The van der Waals surface area contributed by atoms with Gasteiger partial charge in [0.15, 0.2) is 0 Å². The number of ketones is 4. The molecule has 0 bridgehead atoms. The van der Waals surface area contributed by atoms with Gasteiger partial charge >= 0.3 is 23.9 Å². The third-order valence-electron chi connectivity index (χ3n) is 16.9. The van der Waals surface area contributed by atoms with Gasteiger partial charge in [0.1, 0.15) is 34.0 Å². The van der Waals surface area contributed by atoms with Crippen LogP contribution in [-0.4, -0.2) is 186 Å². The molecule has 129 heavy (non-hydrogen) atoms. The van der Waals surface area contributed by atoms with Crippen LogP contribution in [0.5, 0.6) is 0 Å². The Morgan fingerprint density at radius 2 is 0.729 bits per heavy atom. The van der Waals surface area contributed by atoms with Crippen LogP contribution in [0.2, 0.25) is 0 Å². The summed E-state index contributed by atoms with van der Waals surface area (Å²) >= 11 is 8.21. The summed E-state index contributed by atoms with van der Waals surface area (Å²) in [5, 5.41) is 41.9. The average molecular weight is 1930 g/mol. The first kappa shape index (κ1) is 140. The van der Waals surface area contributed by atoms with Gasteiger partial charge in [-0.2, -0.15) is 0 Å². The van der Waals surface area contributed by atoms with Crippen LogP contribution >= 0.6 is 58.8 Å². The van der Waals surface area contributed by atoms with E-state index >= 15 is 0 Å². The first-order valence-corrected chi connectivity index (χ1v) is 49.4. The second-order valence-electron chi connectivity index (χ2n) is 51.7.